The van der Waals surface area contributed by atoms with Crippen LogP contribution >= 0.6 is 0 Å². The number of aromatic nitrogens is 2. The molecule has 0 aliphatic rings. The van der Waals surface area contributed by atoms with Gasteiger partial charge in [-0.2, -0.15) is 18.4 Å². The Morgan fingerprint density at radius 1 is 1.30 bits per heavy atom. The number of hydrogen-bond donors (Lipinski definition) is 2. The normalized spacial score (nSPS) is 11.4. The molecule has 0 spiro atoms. The van der Waals surface area contributed by atoms with Crippen molar-refractivity contribution < 1.29 is 13.2 Å². The first-order valence-corrected chi connectivity index (χ1v) is 5.68. The zero-order valence-electron chi connectivity index (χ0n) is 10.8. The van der Waals surface area contributed by atoms with Crippen LogP contribution in [0.15, 0.2) is 12.1 Å². The van der Waals surface area contributed by atoms with E-state index in [4.69, 9.17) is 11.0 Å². The van der Waals surface area contributed by atoms with Crippen molar-refractivity contribution in [3.05, 3.63) is 34.8 Å². The molecule has 1 aromatic heterocycles. The lowest BCUT2D eigenvalue weighted by molar-refractivity contribution is -0.136. The first-order chi connectivity index (χ1) is 9.24. The second-order valence-electron chi connectivity index (χ2n) is 4.39. The summed E-state index contributed by atoms with van der Waals surface area (Å²) in [7, 11) is 0. The van der Waals surface area contributed by atoms with E-state index in [1.807, 2.05) is 0 Å². The fraction of sp³-hybridized carbons (Fsp3) is 0.231. The van der Waals surface area contributed by atoms with Crippen molar-refractivity contribution in [1.82, 2.24) is 9.97 Å². The topological polar surface area (TPSA) is 78.5 Å². The number of aryl methyl sites for hydroxylation is 2. The monoisotopic (exact) mass is 280 g/mol. The fourth-order valence-corrected chi connectivity index (χ4v) is 2.01. The Balaban J connectivity index is 2.74. The number of anilines is 1. The van der Waals surface area contributed by atoms with Crippen LogP contribution in [0.25, 0.3) is 11.3 Å². The van der Waals surface area contributed by atoms with Crippen molar-refractivity contribution in [2.75, 3.05) is 5.73 Å². The van der Waals surface area contributed by atoms with Gasteiger partial charge in [0.1, 0.15) is 11.9 Å². The summed E-state index contributed by atoms with van der Waals surface area (Å²) in [6.07, 6.45) is -4.62. The fourth-order valence-electron chi connectivity index (χ4n) is 2.01. The van der Waals surface area contributed by atoms with Gasteiger partial charge in [0.05, 0.1) is 22.5 Å². The van der Waals surface area contributed by atoms with E-state index < -0.39 is 17.4 Å². The highest BCUT2D eigenvalue weighted by Gasteiger charge is 2.34. The van der Waals surface area contributed by atoms with E-state index in [0.29, 0.717) is 17.2 Å². The van der Waals surface area contributed by atoms with Gasteiger partial charge in [0.25, 0.3) is 0 Å². The van der Waals surface area contributed by atoms with Crippen LogP contribution in [0.1, 0.15) is 22.6 Å². The lowest BCUT2D eigenvalue weighted by Gasteiger charge is -2.13. The predicted octanol–water partition coefficient (Wildman–Crippen LogP) is 3.17. The van der Waals surface area contributed by atoms with Crippen LogP contribution in [0.4, 0.5) is 18.9 Å². The van der Waals surface area contributed by atoms with Crippen LogP contribution in [-0.2, 0) is 6.18 Å². The largest absolute Gasteiger partial charge is 0.418 e. The molecule has 1 heterocycles. The van der Waals surface area contributed by atoms with E-state index in [0.717, 1.165) is 6.07 Å². The Bertz CT molecular complexity index is 708. The molecule has 0 radical (unpaired) electrons. The Hall–Kier alpha value is -2.49. The van der Waals surface area contributed by atoms with Crippen molar-refractivity contribution in [3.63, 3.8) is 0 Å². The highest BCUT2D eigenvalue weighted by atomic mass is 19.4. The van der Waals surface area contributed by atoms with E-state index in [9.17, 15) is 13.2 Å². The first kappa shape index (κ1) is 13.9. The van der Waals surface area contributed by atoms with Crippen LogP contribution in [0.2, 0.25) is 0 Å². The van der Waals surface area contributed by atoms with Gasteiger partial charge in [0.15, 0.2) is 0 Å². The molecule has 0 aliphatic heterocycles. The molecule has 0 fully saturated rings. The van der Waals surface area contributed by atoms with Crippen LogP contribution in [0.5, 0.6) is 0 Å². The second-order valence-corrected chi connectivity index (χ2v) is 4.39. The molecule has 0 saturated heterocycles. The number of nitrogens with one attached hydrogen (secondary N) is 1. The molecule has 3 N–H and O–H groups in total. The first-order valence-electron chi connectivity index (χ1n) is 5.68. The summed E-state index contributed by atoms with van der Waals surface area (Å²) in [5.41, 5.74) is 4.82. The average molecular weight is 280 g/mol. The lowest BCUT2D eigenvalue weighted by Crippen LogP contribution is -2.10. The number of benzene rings is 1. The maximum atomic E-state index is 12.9. The third kappa shape index (κ3) is 2.32. The summed E-state index contributed by atoms with van der Waals surface area (Å²) >= 11 is 0. The van der Waals surface area contributed by atoms with Crippen LogP contribution in [0.3, 0.4) is 0 Å². The minimum Gasteiger partial charge on any atom is -0.397 e. The van der Waals surface area contributed by atoms with E-state index in [2.05, 4.69) is 9.97 Å². The number of nitrogens with two attached hydrogens (primary N) is 1. The van der Waals surface area contributed by atoms with Crippen LogP contribution < -0.4 is 5.73 Å². The summed E-state index contributed by atoms with van der Waals surface area (Å²) in [5, 5.41) is 8.93. The zero-order valence-corrected chi connectivity index (χ0v) is 10.8. The summed E-state index contributed by atoms with van der Waals surface area (Å²) in [6, 6.07) is 3.91. The number of rotatable bonds is 1. The van der Waals surface area contributed by atoms with E-state index >= 15 is 0 Å². The molecular weight excluding hydrogens is 269 g/mol. The third-order valence-corrected chi connectivity index (χ3v) is 2.88. The number of alkyl halides is 3. The van der Waals surface area contributed by atoms with Gasteiger partial charge in [-0.3, -0.25) is 0 Å². The Morgan fingerprint density at radius 3 is 2.40 bits per heavy atom. The van der Waals surface area contributed by atoms with Gasteiger partial charge in [0, 0.05) is 11.3 Å². The molecule has 2 rings (SSSR count). The van der Waals surface area contributed by atoms with Gasteiger partial charge in [-0.1, -0.05) is 0 Å². The SMILES string of the molecule is Cc1nc(-c2cc(C#N)c(N)c(C(F)(F)F)c2)c(C)[nH]1. The second kappa shape index (κ2) is 4.56. The maximum absolute atomic E-state index is 12.9. The van der Waals surface area contributed by atoms with Gasteiger partial charge in [-0.05, 0) is 26.0 Å². The van der Waals surface area contributed by atoms with E-state index in [-0.39, 0.29) is 11.1 Å². The number of halogens is 3. The van der Waals surface area contributed by atoms with Crippen molar-refractivity contribution in [2.24, 2.45) is 0 Å². The molecule has 7 heteroatoms. The van der Waals surface area contributed by atoms with Crippen LogP contribution in [0, 0.1) is 25.2 Å². The molecule has 0 aliphatic carbocycles. The van der Waals surface area contributed by atoms with Gasteiger partial charge < -0.3 is 10.7 Å². The summed E-state index contributed by atoms with van der Waals surface area (Å²) in [4.78, 5) is 7.05. The van der Waals surface area contributed by atoms with Crippen molar-refractivity contribution >= 4 is 5.69 Å². The number of aromatic amines is 1. The smallest absolute Gasteiger partial charge is 0.397 e. The number of hydrogen-bond acceptors (Lipinski definition) is 3. The van der Waals surface area contributed by atoms with Gasteiger partial charge >= 0.3 is 6.18 Å². The lowest BCUT2D eigenvalue weighted by atomic mass is 10.0. The molecular formula is C13H11F3N4. The molecule has 2 aromatic rings. The van der Waals surface area contributed by atoms with Gasteiger partial charge in [0.2, 0.25) is 0 Å². The van der Waals surface area contributed by atoms with Crippen LogP contribution in [-0.4, -0.2) is 9.97 Å². The zero-order chi connectivity index (χ0) is 15.1. The number of nitrogen functional groups attached to an aromatic ring is 1. The third-order valence-electron chi connectivity index (χ3n) is 2.88. The Morgan fingerprint density at radius 2 is 1.95 bits per heavy atom. The highest BCUT2D eigenvalue weighted by Crippen LogP contribution is 2.38. The maximum Gasteiger partial charge on any atom is 0.418 e. The molecule has 0 amide bonds. The van der Waals surface area contributed by atoms with Gasteiger partial charge in [-0.15, -0.1) is 0 Å². The number of nitriles is 1. The average Bonchev–Trinajstić information content (AvgIpc) is 2.67. The molecule has 20 heavy (non-hydrogen) atoms. The Kier molecular flexibility index (Phi) is 3.18. The molecule has 104 valence electrons. The van der Waals surface area contributed by atoms with Crippen molar-refractivity contribution in [3.8, 4) is 17.3 Å². The molecule has 0 unspecified atom stereocenters. The molecule has 0 bridgehead atoms. The molecule has 1 aromatic carbocycles. The number of imidazole rings is 1. The molecule has 4 nitrogen and oxygen atoms in total. The van der Waals surface area contributed by atoms with Gasteiger partial charge in [-0.25, -0.2) is 4.98 Å². The molecule has 0 saturated carbocycles. The number of H-pyrrole nitrogens is 1. The summed E-state index contributed by atoms with van der Waals surface area (Å²) in [6.45, 7) is 3.40. The number of nitrogens with zero attached hydrogens (tertiary/aromatic N) is 2. The highest BCUT2D eigenvalue weighted by molar-refractivity contribution is 5.72. The van der Waals surface area contributed by atoms with E-state index in [1.54, 1.807) is 19.9 Å². The minimum absolute atomic E-state index is 0.213. The minimum atomic E-state index is -4.62. The Labute approximate surface area is 113 Å². The predicted molar refractivity (Wildman–Crippen MR) is 67.6 cm³/mol. The van der Waals surface area contributed by atoms with Crippen molar-refractivity contribution in [2.45, 2.75) is 20.0 Å². The quantitative estimate of drug-likeness (QED) is 0.787. The summed E-state index contributed by atoms with van der Waals surface area (Å²) < 4.78 is 38.8. The summed E-state index contributed by atoms with van der Waals surface area (Å²) in [5.74, 6) is 0.585. The standard InChI is InChI=1S/C13H11F3N4/c1-6-12(20-7(2)19-6)8-3-9(5-17)11(18)10(4-8)13(14,15)16/h3-4H,18H2,1-2H3,(H,19,20). The van der Waals surface area contributed by atoms with Crippen molar-refractivity contribution in [1.29, 1.82) is 5.26 Å². The van der Waals surface area contributed by atoms with E-state index in [1.165, 1.54) is 6.07 Å². The molecule has 0 atom stereocenters.